The number of benzene rings is 1. The summed E-state index contributed by atoms with van der Waals surface area (Å²) in [6, 6.07) is 11.9. The molecule has 0 bridgehead atoms. The number of pyridine rings is 1. The molecule has 0 aliphatic carbocycles. The fourth-order valence-electron chi connectivity index (χ4n) is 3.17. The lowest BCUT2D eigenvalue weighted by molar-refractivity contribution is 0.114. The van der Waals surface area contributed by atoms with E-state index in [1.807, 2.05) is 24.3 Å². The predicted octanol–water partition coefficient (Wildman–Crippen LogP) is 4.02. The Kier molecular flexibility index (Phi) is 8.79. The van der Waals surface area contributed by atoms with Gasteiger partial charge in [-0.15, -0.1) is 5.11 Å². The summed E-state index contributed by atoms with van der Waals surface area (Å²) in [4.78, 5) is 18.2. The van der Waals surface area contributed by atoms with Gasteiger partial charge < -0.3 is 24.4 Å². The molecule has 32 heavy (non-hydrogen) atoms. The van der Waals surface area contributed by atoms with Gasteiger partial charge in [0.25, 0.3) is 0 Å². The number of rotatable bonds is 9. The number of carbonyl (C=O) groups is 1. The maximum absolute atomic E-state index is 11.6. The van der Waals surface area contributed by atoms with Gasteiger partial charge >= 0.3 is 6.09 Å². The number of carbonyl (C=O) groups excluding carboxylic acids is 1. The Labute approximate surface area is 188 Å². The van der Waals surface area contributed by atoms with Crippen molar-refractivity contribution in [2.24, 2.45) is 10.2 Å². The van der Waals surface area contributed by atoms with Gasteiger partial charge in [-0.2, -0.15) is 10.1 Å². The maximum atomic E-state index is 11.6. The first-order chi connectivity index (χ1) is 15.5. The van der Waals surface area contributed by atoms with Crippen molar-refractivity contribution in [1.29, 1.82) is 0 Å². The van der Waals surface area contributed by atoms with Gasteiger partial charge in [-0.3, -0.25) is 0 Å². The molecule has 0 spiro atoms. The van der Waals surface area contributed by atoms with Crippen LogP contribution in [0.5, 0.6) is 5.88 Å². The van der Waals surface area contributed by atoms with Crippen LogP contribution in [0.4, 0.5) is 16.3 Å². The number of ether oxygens (including phenoxy) is 3. The smallest absolute Gasteiger partial charge is 0.407 e. The zero-order valence-corrected chi connectivity index (χ0v) is 18.9. The number of nitrogens with one attached hydrogen (secondary N) is 1. The molecule has 1 aliphatic rings. The van der Waals surface area contributed by atoms with E-state index in [0.717, 1.165) is 24.3 Å². The maximum Gasteiger partial charge on any atom is 0.407 e. The molecule has 9 nitrogen and oxygen atoms in total. The summed E-state index contributed by atoms with van der Waals surface area (Å²) in [5.74, 6) is 0.904. The van der Waals surface area contributed by atoms with Crippen molar-refractivity contribution in [3.8, 4) is 5.88 Å². The van der Waals surface area contributed by atoms with E-state index < -0.39 is 6.09 Å². The monoisotopic (exact) mass is 441 g/mol. The van der Waals surface area contributed by atoms with E-state index in [9.17, 15) is 4.79 Å². The SMILES string of the molecule is Cc1cccc(CN=Nc2cc(N3CCOCC3)cc(OCCNC(=O)OC(C)C)n2)c1. The molecule has 1 saturated heterocycles. The third-order valence-electron chi connectivity index (χ3n) is 4.62. The normalized spacial score (nSPS) is 14.1. The minimum Gasteiger partial charge on any atom is -0.476 e. The Hall–Kier alpha value is -3.20. The molecule has 1 fully saturated rings. The molecule has 1 aromatic heterocycles. The first-order valence-corrected chi connectivity index (χ1v) is 10.8. The van der Waals surface area contributed by atoms with Crippen LogP contribution in [-0.4, -0.2) is 56.6 Å². The molecule has 1 aromatic carbocycles. The topological polar surface area (TPSA) is 97.6 Å². The highest BCUT2D eigenvalue weighted by molar-refractivity contribution is 5.67. The average molecular weight is 442 g/mol. The zero-order chi connectivity index (χ0) is 22.8. The van der Waals surface area contributed by atoms with E-state index in [4.69, 9.17) is 14.2 Å². The Bertz CT molecular complexity index is 913. The molecule has 0 atom stereocenters. The van der Waals surface area contributed by atoms with Crippen molar-refractivity contribution in [3.05, 3.63) is 47.5 Å². The van der Waals surface area contributed by atoms with Crippen LogP contribution >= 0.6 is 0 Å². The lowest BCUT2D eigenvalue weighted by Crippen LogP contribution is -2.36. The first kappa shape index (κ1) is 23.5. The van der Waals surface area contributed by atoms with Crippen LogP contribution in [0.1, 0.15) is 25.0 Å². The van der Waals surface area contributed by atoms with E-state index in [1.165, 1.54) is 5.56 Å². The van der Waals surface area contributed by atoms with Crippen molar-refractivity contribution in [2.75, 3.05) is 44.4 Å². The first-order valence-electron chi connectivity index (χ1n) is 10.8. The highest BCUT2D eigenvalue weighted by Gasteiger charge is 2.14. The number of aryl methyl sites for hydroxylation is 1. The number of morpholine rings is 1. The number of amides is 1. The Morgan fingerprint density at radius 3 is 2.81 bits per heavy atom. The molecular formula is C23H31N5O4. The largest absolute Gasteiger partial charge is 0.476 e. The van der Waals surface area contributed by atoms with Crippen LogP contribution < -0.4 is 15.0 Å². The van der Waals surface area contributed by atoms with Crippen molar-refractivity contribution in [1.82, 2.24) is 10.3 Å². The summed E-state index contributed by atoms with van der Waals surface area (Å²) in [6.45, 7) is 9.59. The number of azo groups is 1. The van der Waals surface area contributed by atoms with Gasteiger partial charge in [0.2, 0.25) is 5.88 Å². The summed E-state index contributed by atoms with van der Waals surface area (Å²) >= 11 is 0. The van der Waals surface area contributed by atoms with Crippen molar-refractivity contribution in [2.45, 2.75) is 33.4 Å². The minimum atomic E-state index is -0.468. The minimum absolute atomic E-state index is 0.171. The van der Waals surface area contributed by atoms with Crippen LogP contribution in [0, 0.1) is 6.92 Å². The van der Waals surface area contributed by atoms with Crippen molar-refractivity contribution in [3.63, 3.8) is 0 Å². The lowest BCUT2D eigenvalue weighted by atomic mass is 10.1. The van der Waals surface area contributed by atoms with Gasteiger partial charge in [0, 0.05) is 30.9 Å². The van der Waals surface area contributed by atoms with E-state index in [1.54, 1.807) is 13.8 Å². The second-order valence-electron chi connectivity index (χ2n) is 7.74. The fourth-order valence-corrected chi connectivity index (χ4v) is 3.17. The van der Waals surface area contributed by atoms with Crippen LogP contribution in [0.3, 0.4) is 0 Å². The molecule has 2 aromatic rings. The van der Waals surface area contributed by atoms with E-state index >= 15 is 0 Å². The molecular weight excluding hydrogens is 410 g/mol. The lowest BCUT2D eigenvalue weighted by Gasteiger charge is -2.29. The van der Waals surface area contributed by atoms with E-state index in [-0.39, 0.29) is 12.7 Å². The predicted molar refractivity (Wildman–Crippen MR) is 122 cm³/mol. The van der Waals surface area contributed by atoms with Gasteiger partial charge in [-0.25, -0.2) is 4.79 Å². The summed E-state index contributed by atoms with van der Waals surface area (Å²) in [7, 11) is 0. The van der Waals surface area contributed by atoms with Crippen molar-refractivity contribution >= 4 is 17.6 Å². The van der Waals surface area contributed by atoms with Gasteiger partial charge in [0.15, 0.2) is 5.82 Å². The number of hydrogen-bond acceptors (Lipinski definition) is 8. The fraction of sp³-hybridized carbons (Fsp3) is 0.478. The molecule has 0 saturated carbocycles. The van der Waals surface area contributed by atoms with E-state index in [0.29, 0.717) is 38.0 Å². The van der Waals surface area contributed by atoms with Gasteiger partial charge in [0.1, 0.15) is 6.61 Å². The number of aromatic nitrogens is 1. The summed E-state index contributed by atoms with van der Waals surface area (Å²) in [6.07, 6.45) is -0.639. The average Bonchev–Trinajstić information content (AvgIpc) is 2.77. The summed E-state index contributed by atoms with van der Waals surface area (Å²) in [5.41, 5.74) is 3.23. The molecule has 1 aliphatic heterocycles. The summed E-state index contributed by atoms with van der Waals surface area (Å²) < 4.78 is 16.3. The highest BCUT2D eigenvalue weighted by atomic mass is 16.6. The van der Waals surface area contributed by atoms with E-state index in [2.05, 4.69) is 44.5 Å². The Morgan fingerprint density at radius 2 is 2.06 bits per heavy atom. The third-order valence-corrected chi connectivity index (χ3v) is 4.62. The zero-order valence-electron chi connectivity index (χ0n) is 18.9. The van der Waals surface area contributed by atoms with Crippen LogP contribution in [-0.2, 0) is 16.0 Å². The number of nitrogens with zero attached hydrogens (tertiary/aromatic N) is 4. The molecule has 1 amide bonds. The highest BCUT2D eigenvalue weighted by Crippen LogP contribution is 2.26. The number of hydrogen-bond donors (Lipinski definition) is 1. The molecule has 9 heteroatoms. The second kappa shape index (κ2) is 12.0. The van der Waals surface area contributed by atoms with Gasteiger partial charge in [-0.1, -0.05) is 29.8 Å². The standard InChI is InChI=1S/C23H31N5O4/c1-17(2)32-23(29)24-7-10-31-22-15-20(28-8-11-30-12-9-28)14-21(26-22)27-25-16-19-6-4-5-18(3)13-19/h4-6,13-15,17H,7-12,16H2,1-3H3,(H,24,29). The molecule has 0 unspecified atom stereocenters. The molecule has 172 valence electrons. The molecule has 1 N–H and O–H groups in total. The van der Waals surface area contributed by atoms with Crippen molar-refractivity contribution < 1.29 is 19.0 Å². The van der Waals surface area contributed by atoms with Crippen LogP contribution in [0.2, 0.25) is 0 Å². The number of anilines is 1. The second-order valence-corrected chi connectivity index (χ2v) is 7.74. The third kappa shape index (κ3) is 7.81. The Morgan fingerprint density at radius 1 is 1.25 bits per heavy atom. The molecule has 0 radical (unpaired) electrons. The number of alkyl carbamates (subject to hydrolysis) is 1. The molecule has 2 heterocycles. The van der Waals surface area contributed by atoms with Crippen LogP contribution in [0.25, 0.3) is 0 Å². The molecule has 3 rings (SSSR count). The van der Waals surface area contributed by atoms with Crippen LogP contribution in [0.15, 0.2) is 46.6 Å². The van der Waals surface area contributed by atoms with Gasteiger partial charge in [0.05, 0.1) is 32.4 Å². The van der Waals surface area contributed by atoms with Gasteiger partial charge in [-0.05, 0) is 26.3 Å². The Balaban J connectivity index is 1.65. The quantitative estimate of drug-likeness (QED) is 0.466. The summed E-state index contributed by atoms with van der Waals surface area (Å²) in [5, 5.41) is 11.3.